The summed E-state index contributed by atoms with van der Waals surface area (Å²) in [6, 6.07) is 17.6. The van der Waals surface area contributed by atoms with Crippen LogP contribution in [0.1, 0.15) is 72.9 Å². The predicted molar refractivity (Wildman–Crippen MR) is 161 cm³/mol. The highest BCUT2D eigenvalue weighted by Gasteiger charge is 2.24. The van der Waals surface area contributed by atoms with Crippen LogP contribution in [-0.4, -0.2) is 53.5 Å². The molecule has 0 saturated carbocycles. The Hall–Kier alpha value is -3.95. The van der Waals surface area contributed by atoms with Crippen LogP contribution in [0.2, 0.25) is 0 Å². The number of carbonyl (C=O) groups is 1. The summed E-state index contributed by atoms with van der Waals surface area (Å²) >= 11 is 0. The Kier molecular flexibility index (Phi) is 10.9. The van der Waals surface area contributed by atoms with Gasteiger partial charge in [-0.1, -0.05) is 29.5 Å². The average Bonchev–Trinajstić information content (AvgIpc) is 3.42. The van der Waals surface area contributed by atoms with Crippen molar-refractivity contribution in [3.8, 4) is 11.5 Å². The SMILES string of the molecule is CCOC(=O)CC(c1ccc(OC)c([C@H](C)O)c1)c1ccc2c(nnn2CCCCOCc2ccc(OC)cc2)c1C. The van der Waals surface area contributed by atoms with E-state index in [2.05, 4.69) is 10.3 Å². The van der Waals surface area contributed by atoms with Crippen molar-refractivity contribution in [2.45, 2.75) is 65.2 Å². The third-order valence-electron chi connectivity index (χ3n) is 7.48. The fraction of sp³-hybridized carbons (Fsp3) is 0.424. The Bertz CT molecular complexity index is 1460. The predicted octanol–water partition coefficient (Wildman–Crippen LogP) is 5.89. The van der Waals surface area contributed by atoms with Crippen LogP contribution in [0.5, 0.6) is 11.5 Å². The molecule has 0 bridgehead atoms. The molecular formula is C33H41N3O6. The molecule has 9 heteroatoms. The molecule has 1 N–H and O–H groups in total. The number of hydrogen-bond donors (Lipinski definition) is 1. The summed E-state index contributed by atoms with van der Waals surface area (Å²) in [5, 5.41) is 19.3. The normalized spacial score (nSPS) is 12.7. The number of ether oxygens (including phenoxy) is 4. The largest absolute Gasteiger partial charge is 0.497 e. The zero-order chi connectivity index (χ0) is 30.1. The second kappa shape index (κ2) is 14.8. The van der Waals surface area contributed by atoms with Gasteiger partial charge in [-0.25, -0.2) is 4.68 Å². The van der Waals surface area contributed by atoms with Crippen LogP contribution in [0.4, 0.5) is 0 Å². The van der Waals surface area contributed by atoms with Gasteiger partial charge >= 0.3 is 5.97 Å². The minimum Gasteiger partial charge on any atom is -0.497 e. The molecule has 0 amide bonds. The molecule has 4 aromatic rings. The zero-order valence-electron chi connectivity index (χ0n) is 25.1. The van der Waals surface area contributed by atoms with Crippen molar-refractivity contribution in [1.82, 2.24) is 15.0 Å². The van der Waals surface area contributed by atoms with Gasteiger partial charge in [-0.15, -0.1) is 5.10 Å². The van der Waals surface area contributed by atoms with Gasteiger partial charge in [0.1, 0.15) is 17.0 Å². The second-order valence-electron chi connectivity index (χ2n) is 10.3. The van der Waals surface area contributed by atoms with Gasteiger partial charge in [0.2, 0.25) is 0 Å². The molecule has 0 radical (unpaired) electrons. The maximum Gasteiger partial charge on any atom is 0.306 e. The summed E-state index contributed by atoms with van der Waals surface area (Å²) in [4.78, 5) is 12.7. The van der Waals surface area contributed by atoms with Gasteiger partial charge in [-0.05, 0) is 86.2 Å². The van der Waals surface area contributed by atoms with E-state index in [1.54, 1.807) is 28.1 Å². The summed E-state index contributed by atoms with van der Waals surface area (Å²) in [5.74, 6) is 0.867. The Morgan fingerprint density at radius 3 is 2.48 bits per heavy atom. The number of aliphatic hydroxyl groups excluding tert-OH is 1. The van der Waals surface area contributed by atoms with Crippen molar-refractivity contribution < 1.29 is 28.8 Å². The fourth-order valence-corrected chi connectivity index (χ4v) is 5.19. The van der Waals surface area contributed by atoms with E-state index in [1.807, 2.05) is 66.2 Å². The topological polar surface area (TPSA) is 105 Å². The molecule has 0 spiro atoms. The summed E-state index contributed by atoms with van der Waals surface area (Å²) in [6.45, 7) is 7.78. The van der Waals surface area contributed by atoms with E-state index in [9.17, 15) is 9.90 Å². The Balaban J connectivity index is 1.47. The molecule has 4 rings (SSSR count). The van der Waals surface area contributed by atoms with Crippen molar-refractivity contribution in [2.24, 2.45) is 0 Å². The van der Waals surface area contributed by atoms with Crippen molar-refractivity contribution >= 4 is 17.0 Å². The van der Waals surface area contributed by atoms with Gasteiger partial charge in [0.15, 0.2) is 0 Å². The molecule has 2 atom stereocenters. The zero-order valence-corrected chi connectivity index (χ0v) is 25.1. The van der Waals surface area contributed by atoms with E-state index in [4.69, 9.17) is 18.9 Å². The van der Waals surface area contributed by atoms with Gasteiger partial charge in [-0.2, -0.15) is 0 Å². The van der Waals surface area contributed by atoms with E-state index >= 15 is 0 Å². The number of benzene rings is 3. The number of carbonyl (C=O) groups excluding carboxylic acids is 1. The monoisotopic (exact) mass is 575 g/mol. The number of nitrogens with zero attached hydrogens (tertiary/aromatic N) is 3. The summed E-state index contributed by atoms with van der Waals surface area (Å²) < 4.78 is 23.7. The van der Waals surface area contributed by atoms with Crippen molar-refractivity contribution in [3.63, 3.8) is 0 Å². The number of methoxy groups -OCH3 is 2. The van der Waals surface area contributed by atoms with E-state index in [-0.39, 0.29) is 18.3 Å². The third kappa shape index (κ3) is 7.46. The van der Waals surface area contributed by atoms with Crippen LogP contribution in [0, 0.1) is 6.92 Å². The van der Waals surface area contributed by atoms with Crippen molar-refractivity contribution in [3.05, 3.63) is 82.4 Å². The first-order chi connectivity index (χ1) is 20.4. The number of unbranched alkanes of at least 4 members (excludes halogenated alkanes) is 1. The number of rotatable bonds is 15. The van der Waals surface area contributed by atoms with Crippen LogP contribution < -0.4 is 9.47 Å². The van der Waals surface area contributed by atoms with Gasteiger partial charge in [0, 0.05) is 24.6 Å². The van der Waals surface area contributed by atoms with Crippen LogP contribution in [0.15, 0.2) is 54.6 Å². The van der Waals surface area contributed by atoms with Crippen LogP contribution in [-0.2, 0) is 27.4 Å². The maximum absolute atomic E-state index is 12.7. The molecule has 9 nitrogen and oxygen atoms in total. The van der Waals surface area contributed by atoms with Gasteiger partial charge in [0.05, 0.1) is 45.5 Å². The van der Waals surface area contributed by atoms with Crippen molar-refractivity contribution in [2.75, 3.05) is 27.4 Å². The molecule has 1 unspecified atom stereocenters. The summed E-state index contributed by atoms with van der Waals surface area (Å²) in [5.41, 5.74) is 6.36. The molecule has 0 fully saturated rings. The lowest BCUT2D eigenvalue weighted by molar-refractivity contribution is -0.143. The molecule has 0 saturated heterocycles. The highest BCUT2D eigenvalue weighted by molar-refractivity contribution is 5.80. The lowest BCUT2D eigenvalue weighted by Crippen LogP contribution is -2.13. The number of aryl methyl sites for hydroxylation is 2. The van der Waals surface area contributed by atoms with E-state index < -0.39 is 6.10 Å². The maximum atomic E-state index is 12.7. The minimum atomic E-state index is -0.723. The van der Waals surface area contributed by atoms with Gasteiger partial charge in [0.25, 0.3) is 0 Å². The fourth-order valence-electron chi connectivity index (χ4n) is 5.19. The number of aromatic nitrogens is 3. The molecule has 42 heavy (non-hydrogen) atoms. The highest BCUT2D eigenvalue weighted by Crippen LogP contribution is 2.37. The van der Waals surface area contributed by atoms with Crippen molar-refractivity contribution in [1.29, 1.82) is 0 Å². The number of fused-ring (bicyclic) bond motifs is 1. The molecule has 0 aliphatic heterocycles. The molecule has 1 heterocycles. The van der Waals surface area contributed by atoms with Crippen LogP contribution in [0.3, 0.4) is 0 Å². The lowest BCUT2D eigenvalue weighted by Gasteiger charge is -2.22. The van der Waals surface area contributed by atoms with E-state index in [0.717, 1.165) is 58.4 Å². The van der Waals surface area contributed by atoms with Gasteiger partial charge in [-0.3, -0.25) is 4.79 Å². The Morgan fingerprint density at radius 2 is 1.79 bits per heavy atom. The molecule has 1 aromatic heterocycles. The summed E-state index contributed by atoms with van der Waals surface area (Å²) in [7, 11) is 3.23. The Labute approximate surface area is 247 Å². The summed E-state index contributed by atoms with van der Waals surface area (Å²) in [6.07, 6.45) is 1.25. The second-order valence-corrected chi connectivity index (χ2v) is 10.3. The molecular weight excluding hydrogens is 534 g/mol. The Morgan fingerprint density at radius 1 is 1.00 bits per heavy atom. The quantitative estimate of drug-likeness (QED) is 0.138. The average molecular weight is 576 g/mol. The van der Waals surface area contributed by atoms with Crippen LogP contribution in [0.25, 0.3) is 11.0 Å². The lowest BCUT2D eigenvalue weighted by atomic mass is 9.84. The smallest absolute Gasteiger partial charge is 0.306 e. The highest BCUT2D eigenvalue weighted by atomic mass is 16.5. The number of aliphatic hydroxyl groups is 1. The van der Waals surface area contributed by atoms with E-state index in [1.165, 1.54) is 0 Å². The first kappa shape index (κ1) is 31.0. The molecule has 0 aliphatic carbocycles. The molecule has 3 aromatic carbocycles. The third-order valence-corrected chi connectivity index (χ3v) is 7.48. The number of hydrogen-bond acceptors (Lipinski definition) is 8. The van der Waals surface area contributed by atoms with Crippen LogP contribution >= 0.6 is 0 Å². The van der Waals surface area contributed by atoms with Gasteiger partial charge < -0.3 is 24.1 Å². The molecule has 224 valence electrons. The first-order valence-electron chi connectivity index (χ1n) is 14.4. The molecule has 0 aliphatic rings. The number of esters is 1. The van der Waals surface area contributed by atoms with E-state index in [0.29, 0.717) is 31.1 Å². The standard InChI is InChI=1S/C33H41N3O6/c1-6-42-32(38)20-29(25-11-16-31(40-5)28(19-25)23(3)37)27-14-15-30-33(22(27)2)34-35-36(30)17-7-8-18-41-21-24-9-12-26(39-4)13-10-24/h9-16,19,23,29,37H,6-8,17-18,20-21H2,1-5H3/t23-,29?/m0/s1. The minimum absolute atomic E-state index is 0.163. The first-order valence-corrected chi connectivity index (χ1v) is 14.4.